The Kier molecular flexibility index (Phi) is 5.32. The van der Waals surface area contributed by atoms with Crippen LogP contribution in [-0.4, -0.2) is 73.1 Å². The van der Waals surface area contributed by atoms with Crippen LogP contribution in [0.1, 0.15) is 32.6 Å². The number of nitrogens with two attached hydrogens (primary N) is 1. The van der Waals surface area contributed by atoms with E-state index >= 15 is 0 Å². The molecular weight excluding hydrogens is 468 g/mol. The Morgan fingerprint density at radius 3 is 2.42 bits per heavy atom. The fourth-order valence-electron chi connectivity index (χ4n) is 5.05. The molecule has 0 bridgehead atoms. The van der Waals surface area contributed by atoms with Crippen molar-refractivity contribution in [2.24, 2.45) is 12.8 Å². The lowest BCUT2D eigenvalue weighted by Crippen LogP contribution is -2.70. The van der Waals surface area contributed by atoms with Gasteiger partial charge < -0.3 is 19.6 Å². The minimum Gasteiger partial charge on any atom is -0.407 e. The summed E-state index contributed by atoms with van der Waals surface area (Å²) in [6.45, 7) is 12.0. The van der Waals surface area contributed by atoms with Crippen LogP contribution in [0.3, 0.4) is 0 Å². The predicted octanol–water partition coefficient (Wildman–Crippen LogP) is -0.158. The van der Waals surface area contributed by atoms with E-state index in [0.29, 0.717) is 5.56 Å². The molecule has 2 N–H and O–H groups in total. The van der Waals surface area contributed by atoms with Crippen LogP contribution in [0.2, 0.25) is 18.1 Å². The highest BCUT2D eigenvalue weighted by Gasteiger charge is 2.80. The monoisotopic (exact) mass is 502 g/mol. The van der Waals surface area contributed by atoms with E-state index in [4.69, 9.17) is 19.6 Å². The van der Waals surface area contributed by atoms with Gasteiger partial charge in [0.05, 0.1) is 6.61 Å². The van der Waals surface area contributed by atoms with Crippen LogP contribution >= 0.6 is 0 Å². The van der Waals surface area contributed by atoms with Crippen LogP contribution in [0.4, 0.5) is 0 Å². The van der Waals surface area contributed by atoms with E-state index < -0.39 is 65.0 Å². The maximum absolute atomic E-state index is 13.1. The van der Waals surface area contributed by atoms with Gasteiger partial charge in [-0.05, 0) is 25.1 Å². The third-order valence-corrected chi connectivity index (χ3v) is 14.4. The Balaban J connectivity index is 1.98. The fraction of sp³-hybridized carbons (Fsp3) is 0.800. The maximum Gasteiger partial charge on any atom is 0.332 e. The number of hydrogen-bond acceptors (Lipinski definition) is 8. The van der Waals surface area contributed by atoms with E-state index in [0.717, 1.165) is 4.57 Å². The molecule has 3 aliphatic rings. The Morgan fingerprint density at radius 1 is 1.24 bits per heavy atom. The fourth-order valence-corrected chi connectivity index (χ4v) is 8.22. The molecule has 0 aliphatic carbocycles. The van der Waals surface area contributed by atoms with Crippen molar-refractivity contribution in [1.82, 2.24) is 13.4 Å². The molecule has 5 atom stereocenters. The van der Waals surface area contributed by atoms with Gasteiger partial charge >= 0.3 is 5.69 Å². The number of aryl methyl sites for hydroxylation is 1. The summed E-state index contributed by atoms with van der Waals surface area (Å²) in [6, 6.07) is 0. The minimum absolute atomic E-state index is 0.0592. The second kappa shape index (κ2) is 7.09. The molecule has 3 saturated heterocycles. The minimum atomic E-state index is -3.77. The first-order valence-corrected chi connectivity index (χ1v) is 15.4. The standard InChI is InChI=1S/C20H34N4O7SSi/c1-12-9-24(17(26)22(5)15(12)25)16-14(31-33(7,8)18(2,3)4)20-13(30-16)10-29-19(20,21)11-32(27,28)23(20)6/h9,13-14,16H,10-11,21H2,1-8H3/t13-,14+,16-,19?,20-/m1/s1. The van der Waals surface area contributed by atoms with Crippen LogP contribution in [0.25, 0.3) is 0 Å². The zero-order valence-electron chi connectivity index (χ0n) is 20.4. The summed E-state index contributed by atoms with van der Waals surface area (Å²) in [4.78, 5) is 25.5. The van der Waals surface area contributed by atoms with Crippen molar-refractivity contribution in [3.8, 4) is 0 Å². The van der Waals surface area contributed by atoms with E-state index in [1.165, 1.54) is 29.2 Å². The van der Waals surface area contributed by atoms with Crippen molar-refractivity contribution >= 4 is 18.3 Å². The smallest absolute Gasteiger partial charge is 0.332 e. The number of sulfonamides is 1. The molecule has 0 saturated carbocycles. The van der Waals surface area contributed by atoms with Crippen LogP contribution in [0, 0.1) is 6.92 Å². The first kappa shape index (κ1) is 24.8. The summed E-state index contributed by atoms with van der Waals surface area (Å²) in [6.07, 6.45) is -1.25. The second-order valence-corrected chi connectivity index (χ2v) is 17.7. The molecule has 33 heavy (non-hydrogen) atoms. The van der Waals surface area contributed by atoms with Gasteiger partial charge in [-0.15, -0.1) is 0 Å². The normalized spacial score (nSPS) is 36.2. The highest BCUT2D eigenvalue weighted by atomic mass is 32.2. The Bertz CT molecular complexity index is 1220. The lowest BCUT2D eigenvalue weighted by atomic mass is 9.81. The topological polar surface area (TPSA) is 135 Å². The molecule has 3 fully saturated rings. The average molecular weight is 503 g/mol. The molecule has 1 aromatic heterocycles. The third-order valence-electron chi connectivity index (χ3n) is 7.98. The van der Waals surface area contributed by atoms with Crippen molar-refractivity contribution < 1.29 is 22.3 Å². The van der Waals surface area contributed by atoms with Crippen molar-refractivity contribution in [2.45, 2.75) is 75.5 Å². The SMILES string of the molecule is Cc1cn([C@@H]2O[C@@H]3COC4(N)CS(=O)(=O)N(C)[C@@]34[C@H]2O[Si](C)(C)C(C)(C)C)c(=O)n(C)c1=O. The summed E-state index contributed by atoms with van der Waals surface area (Å²) < 4.78 is 48.7. The molecule has 11 nitrogen and oxygen atoms in total. The molecule has 4 rings (SSSR count). The number of hydrogen-bond donors (Lipinski definition) is 1. The zero-order valence-corrected chi connectivity index (χ0v) is 22.2. The van der Waals surface area contributed by atoms with Gasteiger partial charge in [0.15, 0.2) is 20.3 Å². The van der Waals surface area contributed by atoms with Crippen molar-refractivity contribution in [2.75, 3.05) is 19.4 Å². The Hall–Kier alpha value is -1.35. The molecule has 3 aliphatic heterocycles. The summed E-state index contributed by atoms with van der Waals surface area (Å²) in [5.41, 5.74) is 3.07. The number of rotatable bonds is 3. The lowest BCUT2D eigenvalue weighted by Gasteiger charge is -2.47. The molecule has 4 heterocycles. The molecule has 13 heteroatoms. The number of ether oxygens (including phenoxy) is 2. The van der Waals surface area contributed by atoms with Crippen LogP contribution in [0.15, 0.2) is 15.8 Å². The van der Waals surface area contributed by atoms with E-state index in [1.54, 1.807) is 6.92 Å². The van der Waals surface area contributed by atoms with E-state index in [-0.39, 0.29) is 11.6 Å². The van der Waals surface area contributed by atoms with Gasteiger partial charge in [-0.1, -0.05) is 20.8 Å². The number of likely N-dealkylation sites (N-methyl/N-ethyl adjacent to an activating group) is 1. The Morgan fingerprint density at radius 2 is 1.85 bits per heavy atom. The highest BCUT2D eigenvalue weighted by Crippen LogP contribution is 2.57. The van der Waals surface area contributed by atoms with Crippen LogP contribution < -0.4 is 17.0 Å². The van der Waals surface area contributed by atoms with E-state index in [1.807, 2.05) is 13.1 Å². The zero-order chi connectivity index (χ0) is 24.9. The summed E-state index contributed by atoms with van der Waals surface area (Å²) in [7, 11) is -3.44. The van der Waals surface area contributed by atoms with Crippen molar-refractivity contribution in [3.63, 3.8) is 0 Å². The molecule has 0 amide bonds. The number of aromatic nitrogens is 2. The third kappa shape index (κ3) is 3.13. The summed E-state index contributed by atoms with van der Waals surface area (Å²) in [5, 5.41) is -0.219. The average Bonchev–Trinajstić information content (AvgIpc) is 3.19. The quantitative estimate of drug-likeness (QED) is 0.564. The van der Waals surface area contributed by atoms with Gasteiger partial charge in [-0.25, -0.2) is 13.2 Å². The Labute approximate surface area is 194 Å². The largest absolute Gasteiger partial charge is 0.407 e. The molecule has 1 unspecified atom stereocenters. The van der Waals surface area contributed by atoms with Gasteiger partial charge in [0.25, 0.3) is 5.56 Å². The van der Waals surface area contributed by atoms with Gasteiger partial charge in [0.2, 0.25) is 10.0 Å². The summed E-state index contributed by atoms with van der Waals surface area (Å²) >= 11 is 0. The van der Waals surface area contributed by atoms with Gasteiger partial charge in [0.1, 0.15) is 23.5 Å². The van der Waals surface area contributed by atoms with Gasteiger partial charge in [-0.3, -0.25) is 13.9 Å². The van der Waals surface area contributed by atoms with Gasteiger partial charge in [0, 0.05) is 25.9 Å². The first-order valence-electron chi connectivity index (χ1n) is 10.9. The van der Waals surface area contributed by atoms with Gasteiger partial charge in [-0.2, -0.15) is 4.31 Å². The first-order chi connectivity index (χ1) is 14.9. The number of nitrogens with zero attached hydrogens (tertiary/aromatic N) is 3. The molecule has 0 radical (unpaired) electrons. The van der Waals surface area contributed by atoms with E-state index in [2.05, 4.69) is 20.8 Å². The van der Waals surface area contributed by atoms with Crippen molar-refractivity contribution in [1.29, 1.82) is 0 Å². The van der Waals surface area contributed by atoms with Crippen molar-refractivity contribution in [3.05, 3.63) is 32.6 Å². The molecule has 1 spiro atoms. The second-order valence-electron chi connectivity index (χ2n) is 10.9. The highest BCUT2D eigenvalue weighted by molar-refractivity contribution is 7.89. The summed E-state index contributed by atoms with van der Waals surface area (Å²) in [5.74, 6) is -0.415. The molecule has 1 aromatic rings. The van der Waals surface area contributed by atoms with Crippen LogP contribution in [0.5, 0.6) is 0 Å². The van der Waals surface area contributed by atoms with E-state index in [9.17, 15) is 18.0 Å². The van der Waals surface area contributed by atoms with Crippen LogP contribution in [-0.2, 0) is 31.0 Å². The lowest BCUT2D eigenvalue weighted by molar-refractivity contribution is -0.0986. The molecule has 186 valence electrons. The molecular formula is C20H34N4O7SSi. The predicted molar refractivity (Wildman–Crippen MR) is 124 cm³/mol. The maximum atomic E-state index is 13.1. The molecule has 0 aromatic carbocycles.